The molecule has 1 aliphatic carbocycles. The highest BCUT2D eigenvalue weighted by atomic mass is 32.1. The van der Waals surface area contributed by atoms with Gasteiger partial charge in [0, 0.05) is 30.6 Å². The van der Waals surface area contributed by atoms with Crippen LogP contribution in [0.5, 0.6) is 0 Å². The van der Waals surface area contributed by atoms with Crippen molar-refractivity contribution in [3.63, 3.8) is 0 Å². The quantitative estimate of drug-likeness (QED) is 0.563. The van der Waals surface area contributed by atoms with Crippen LogP contribution < -0.4 is 10.6 Å². The number of rotatable bonds is 7. The average molecular weight is 369 g/mol. The van der Waals surface area contributed by atoms with Crippen molar-refractivity contribution >= 4 is 22.4 Å². The summed E-state index contributed by atoms with van der Waals surface area (Å²) >= 11 is 1.14. The summed E-state index contributed by atoms with van der Waals surface area (Å²) in [5, 5.41) is 19.1. The molecule has 1 saturated carbocycles. The third-order valence-electron chi connectivity index (χ3n) is 4.22. The van der Waals surface area contributed by atoms with Gasteiger partial charge in [0.1, 0.15) is 5.60 Å². The molecule has 0 radical (unpaired) electrons. The molecule has 2 N–H and O–H groups in total. The number of hydrogen-bond donors (Lipinski definition) is 2. The van der Waals surface area contributed by atoms with Gasteiger partial charge in [-0.2, -0.15) is 0 Å². The lowest BCUT2D eigenvalue weighted by molar-refractivity contribution is -0.380. The van der Waals surface area contributed by atoms with Crippen molar-refractivity contribution in [2.75, 3.05) is 6.54 Å². The minimum absolute atomic E-state index is 0.133. The van der Waals surface area contributed by atoms with Gasteiger partial charge >= 0.3 is 11.1 Å². The summed E-state index contributed by atoms with van der Waals surface area (Å²) in [6, 6.07) is 1.74. The van der Waals surface area contributed by atoms with E-state index in [9.17, 15) is 14.9 Å². The van der Waals surface area contributed by atoms with Crippen molar-refractivity contribution < 1.29 is 14.5 Å². The average Bonchev–Trinajstić information content (AvgIpc) is 3.16. The van der Waals surface area contributed by atoms with E-state index in [1.807, 2.05) is 20.8 Å². The van der Waals surface area contributed by atoms with Crippen LogP contribution in [0, 0.1) is 16.0 Å². The van der Waals surface area contributed by atoms with Crippen LogP contribution in [0.3, 0.4) is 0 Å². The van der Waals surface area contributed by atoms with E-state index in [0.717, 1.165) is 29.7 Å². The van der Waals surface area contributed by atoms with Crippen LogP contribution in [0.15, 0.2) is 11.4 Å². The van der Waals surface area contributed by atoms with Crippen molar-refractivity contribution in [2.45, 2.75) is 64.6 Å². The Balaban J connectivity index is 1.89. The largest absolute Gasteiger partial charge is 0.444 e. The number of nitrogens with one attached hydrogen (secondary N) is 2. The fraction of sp³-hybridized carbons (Fsp3) is 0.706. The minimum Gasteiger partial charge on any atom is -0.444 e. The first-order valence-corrected chi connectivity index (χ1v) is 9.54. The summed E-state index contributed by atoms with van der Waals surface area (Å²) < 4.78 is 5.29. The van der Waals surface area contributed by atoms with Gasteiger partial charge in [-0.15, -0.1) is 0 Å². The van der Waals surface area contributed by atoms with E-state index in [1.165, 1.54) is 12.8 Å². The second kappa shape index (κ2) is 8.62. The predicted molar refractivity (Wildman–Crippen MR) is 97.8 cm³/mol. The molecule has 1 fully saturated rings. The number of nitro groups is 1. The van der Waals surface area contributed by atoms with Gasteiger partial charge in [-0.25, -0.2) is 4.79 Å². The third-order valence-corrected chi connectivity index (χ3v) is 5.15. The van der Waals surface area contributed by atoms with Gasteiger partial charge in [-0.1, -0.05) is 24.2 Å². The van der Waals surface area contributed by atoms with Crippen LogP contribution >= 0.6 is 11.3 Å². The molecule has 1 aromatic heterocycles. The van der Waals surface area contributed by atoms with Crippen LogP contribution in [-0.4, -0.2) is 29.2 Å². The summed E-state index contributed by atoms with van der Waals surface area (Å²) in [5.74, 6) is 0.503. The maximum atomic E-state index is 11.9. The Labute approximate surface area is 152 Å². The predicted octanol–water partition coefficient (Wildman–Crippen LogP) is 3.83. The van der Waals surface area contributed by atoms with Crippen LogP contribution in [0.1, 0.15) is 52.0 Å². The van der Waals surface area contributed by atoms with Crippen molar-refractivity contribution in [3.05, 3.63) is 27.1 Å². The highest BCUT2D eigenvalue weighted by Gasteiger charge is 2.26. The van der Waals surface area contributed by atoms with Gasteiger partial charge in [0.15, 0.2) is 0 Å². The number of carbonyl (C=O) groups excluding carboxylic acids is 1. The molecule has 140 valence electrons. The number of nitrogens with zero attached hydrogens (tertiary/aromatic N) is 1. The topological polar surface area (TPSA) is 93.5 Å². The molecule has 1 aromatic rings. The van der Waals surface area contributed by atoms with E-state index in [-0.39, 0.29) is 16.0 Å². The zero-order valence-corrected chi connectivity index (χ0v) is 15.9. The van der Waals surface area contributed by atoms with E-state index in [0.29, 0.717) is 19.0 Å². The maximum absolute atomic E-state index is 11.9. The molecule has 25 heavy (non-hydrogen) atoms. The fourth-order valence-electron chi connectivity index (χ4n) is 3.07. The summed E-state index contributed by atoms with van der Waals surface area (Å²) in [6.07, 6.45) is 4.27. The molecular formula is C17H27N3O4S. The Morgan fingerprint density at radius 1 is 1.44 bits per heavy atom. The Morgan fingerprint density at radius 3 is 2.68 bits per heavy atom. The highest BCUT2D eigenvalue weighted by molar-refractivity contribution is 7.13. The molecule has 0 spiro atoms. The molecule has 2 rings (SSSR count). The van der Waals surface area contributed by atoms with Gasteiger partial charge in [-0.3, -0.25) is 10.1 Å². The minimum atomic E-state index is -0.518. The standard InChI is InChI=1S/C17H27N3O4S/c1-17(2,3)24-16(21)19-10-14(13-6-4-5-7-13)18-9-12-8-15(20(22)23)25-11-12/h8,11,13-14,18H,4-7,9-10H2,1-3H3,(H,19,21). The first-order chi connectivity index (χ1) is 11.7. The summed E-state index contributed by atoms with van der Waals surface area (Å²) in [4.78, 5) is 22.3. The van der Waals surface area contributed by atoms with E-state index in [1.54, 1.807) is 11.4 Å². The number of alkyl carbamates (subject to hydrolysis) is 1. The molecular weight excluding hydrogens is 342 g/mol. The molecule has 7 nitrogen and oxygen atoms in total. The lowest BCUT2D eigenvalue weighted by Gasteiger charge is -2.26. The summed E-state index contributed by atoms with van der Waals surface area (Å²) in [7, 11) is 0. The van der Waals surface area contributed by atoms with Crippen LogP contribution in [0.25, 0.3) is 0 Å². The van der Waals surface area contributed by atoms with Crippen LogP contribution in [0.2, 0.25) is 0 Å². The van der Waals surface area contributed by atoms with E-state index >= 15 is 0 Å². The van der Waals surface area contributed by atoms with Crippen LogP contribution in [0.4, 0.5) is 9.80 Å². The molecule has 8 heteroatoms. The molecule has 1 atom stereocenters. The molecule has 1 unspecified atom stereocenters. The lowest BCUT2D eigenvalue weighted by atomic mass is 9.98. The second-order valence-electron chi connectivity index (χ2n) is 7.47. The second-order valence-corrected chi connectivity index (χ2v) is 8.35. The fourth-order valence-corrected chi connectivity index (χ4v) is 3.80. The third kappa shape index (κ3) is 6.62. The highest BCUT2D eigenvalue weighted by Crippen LogP contribution is 2.28. The maximum Gasteiger partial charge on any atom is 0.407 e. The number of amides is 1. The first-order valence-electron chi connectivity index (χ1n) is 8.66. The Hall–Kier alpha value is -1.67. The first kappa shape index (κ1) is 19.7. The number of ether oxygens (including phenoxy) is 1. The molecule has 1 amide bonds. The van der Waals surface area contributed by atoms with Crippen molar-refractivity contribution in [1.82, 2.24) is 10.6 Å². The zero-order chi connectivity index (χ0) is 18.4. The van der Waals surface area contributed by atoms with Gasteiger partial charge in [0.05, 0.1) is 4.92 Å². The van der Waals surface area contributed by atoms with Gasteiger partial charge < -0.3 is 15.4 Å². The van der Waals surface area contributed by atoms with E-state index in [2.05, 4.69) is 10.6 Å². The Kier molecular flexibility index (Phi) is 6.78. The monoisotopic (exact) mass is 369 g/mol. The number of hydrogen-bond acceptors (Lipinski definition) is 6. The molecule has 0 bridgehead atoms. The number of carbonyl (C=O) groups is 1. The molecule has 0 aliphatic heterocycles. The van der Waals surface area contributed by atoms with Gasteiger partial charge in [0.25, 0.3) is 0 Å². The van der Waals surface area contributed by atoms with Crippen molar-refractivity contribution in [2.24, 2.45) is 5.92 Å². The lowest BCUT2D eigenvalue weighted by Crippen LogP contribution is -2.45. The van der Waals surface area contributed by atoms with Crippen molar-refractivity contribution in [3.8, 4) is 0 Å². The smallest absolute Gasteiger partial charge is 0.407 e. The summed E-state index contributed by atoms with van der Waals surface area (Å²) in [6.45, 7) is 6.56. The Morgan fingerprint density at radius 2 is 2.12 bits per heavy atom. The molecule has 1 aliphatic rings. The molecule has 0 saturated heterocycles. The van der Waals surface area contributed by atoms with E-state index in [4.69, 9.17) is 4.74 Å². The normalized spacial score (nSPS) is 16.6. The van der Waals surface area contributed by atoms with Gasteiger partial charge in [-0.05, 0) is 45.1 Å². The Bertz CT molecular complexity index is 591. The zero-order valence-electron chi connectivity index (χ0n) is 15.0. The van der Waals surface area contributed by atoms with Gasteiger partial charge in [0.2, 0.25) is 0 Å². The van der Waals surface area contributed by atoms with E-state index < -0.39 is 11.7 Å². The van der Waals surface area contributed by atoms with Crippen LogP contribution in [-0.2, 0) is 11.3 Å². The summed E-state index contributed by atoms with van der Waals surface area (Å²) in [5.41, 5.74) is 0.382. The van der Waals surface area contributed by atoms with Crippen molar-refractivity contribution in [1.29, 1.82) is 0 Å². The molecule has 1 heterocycles. The number of thiophene rings is 1. The SMILES string of the molecule is CC(C)(C)OC(=O)NCC(NCc1csc([N+](=O)[O-])c1)C1CCCC1. The molecule has 0 aromatic carbocycles.